The maximum Gasteiger partial charge on any atom is 0.189 e. The molecule has 2 nitrogen and oxygen atoms in total. The van der Waals surface area contributed by atoms with Gasteiger partial charge in [-0.1, -0.05) is 224 Å². The van der Waals surface area contributed by atoms with Crippen molar-refractivity contribution in [2.24, 2.45) is 23.7 Å². The SMILES string of the molecule is Cc1cc([S+](c2ccccc2)c2ccccc2)cc(C)c1OCOC1C2CC3CC(C2)CC1C3.Cc1ccc([S+](c2ccccc2)c2ccccc2)cc1.c1ccc([S+](c2cccc3ccccc23)c2cccc3ccccc23)cc1.c1ccc([S+](c2ccccc2)c2ccccc2)cc1. The zero-order valence-electron chi connectivity index (χ0n) is 57.2. The fourth-order valence-corrected chi connectivity index (χ4v) is 23.9. The van der Waals surface area contributed by atoms with Crippen LogP contribution in [0.2, 0.25) is 0 Å². The molecule has 6 heteroatoms. The molecule has 0 aliphatic heterocycles. The molecule has 4 saturated carbocycles. The number of benzene rings is 14. The van der Waals surface area contributed by atoms with Crippen LogP contribution in [-0.4, -0.2) is 12.9 Å². The molecule has 18 rings (SSSR count). The maximum absolute atomic E-state index is 6.43. The summed E-state index contributed by atoms with van der Waals surface area (Å²) in [5.74, 6) is 4.47. The first-order chi connectivity index (χ1) is 49.4. The first-order valence-corrected chi connectivity index (χ1v) is 40.0. The Hall–Kier alpha value is -9.24. The van der Waals surface area contributed by atoms with Gasteiger partial charge in [-0.2, -0.15) is 0 Å². The van der Waals surface area contributed by atoms with Crippen molar-refractivity contribution in [3.05, 3.63) is 381 Å². The largest absolute Gasteiger partial charge is 0.467 e. The van der Waals surface area contributed by atoms with Crippen LogP contribution in [0.15, 0.2) is 423 Å². The van der Waals surface area contributed by atoms with Crippen LogP contribution in [-0.2, 0) is 48.3 Å². The highest BCUT2D eigenvalue weighted by molar-refractivity contribution is 7.98. The quantitative estimate of drug-likeness (QED) is 0.0709. The molecule has 100 heavy (non-hydrogen) atoms. The van der Waals surface area contributed by atoms with E-state index >= 15 is 0 Å². The molecule has 14 aromatic rings. The van der Waals surface area contributed by atoms with Crippen molar-refractivity contribution in [1.29, 1.82) is 0 Å². The van der Waals surface area contributed by atoms with Crippen molar-refractivity contribution in [1.82, 2.24) is 0 Å². The van der Waals surface area contributed by atoms with Gasteiger partial charge >= 0.3 is 0 Å². The number of fused-ring (bicyclic) bond motifs is 2. The van der Waals surface area contributed by atoms with E-state index in [1.165, 1.54) is 129 Å². The summed E-state index contributed by atoms with van der Waals surface area (Å²) in [6, 6.07) is 131. The minimum Gasteiger partial charge on any atom is -0.467 e. The zero-order chi connectivity index (χ0) is 67.8. The third-order valence-corrected chi connectivity index (χ3v) is 28.3. The minimum absolute atomic E-state index is 0.0146. The molecule has 4 bridgehead atoms. The Bertz CT molecular complexity index is 4540. The van der Waals surface area contributed by atoms with Gasteiger partial charge in [0.1, 0.15) is 16.6 Å². The predicted molar refractivity (Wildman–Crippen MR) is 423 cm³/mol. The van der Waals surface area contributed by atoms with Gasteiger partial charge in [0.15, 0.2) is 65.5 Å². The van der Waals surface area contributed by atoms with Gasteiger partial charge in [-0.25, -0.2) is 0 Å². The van der Waals surface area contributed by atoms with Gasteiger partial charge in [0.25, 0.3) is 0 Å². The monoisotopic (exact) mass is 1370 g/mol. The number of hydrogen-bond donors (Lipinski definition) is 0. The highest BCUT2D eigenvalue weighted by atomic mass is 32.2. The molecule has 0 radical (unpaired) electrons. The molecule has 0 heterocycles. The fraction of sp³-hybridized carbons (Fsp3) is 0.149. The van der Waals surface area contributed by atoms with Crippen LogP contribution in [0.4, 0.5) is 0 Å². The van der Waals surface area contributed by atoms with Crippen molar-refractivity contribution >= 4 is 65.1 Å². The average molecular weight is 1380 g/mol. The highest BCUT2D eigenvalue weighted by Gasteiger charge is 2.49. The summed E-state index contributed by atoms with van der Waals surface area (Å²) in [4.78, 5) is 16.3. The van der Waals surface area contributed by atoms with Gasteiger partial charge in [0.2, 0.25) is 0 Å². The Morgan fingerprint density at radius 2 is 0.550 bits per heavy atom. The lowest BCUT2D eigenvalue weighted by atomic mass is 9.55. The Kier molecular flexibility index (Phi) is 22.6. The molecule has 494 valence electrons. The van der Waals surface area contributed by atoms with Crippen molar-refractivity contribution in [3.63, 3.8) is 0 Å². The molecule has 0 unspecified atom stereocenters. The Balaban J connectivity index is 0.000000117. The summed E-state index contributed by atoms with van der Waals surface area (Å²) >= 11 is 0. The Morgan fingerprint density at radius 3 is 0.890 bits per heavy atom. The van der Waals surface area contributed by atoms with E-state index in [1.54, 1.807) is 0 Å². The van der Waals surface area contributed by atoms with Crippen LogP contribution in [0.1, 0.15) is 48.8 Å². The first-order valence-electron chi connectivity index (χ1n) is 35.1. The average Bonchev–Trinajstić information content (AvgIpc) is 0.779. The summed E-state index contributed by atoms with van der Waals surface area (Å²) in [6.07, 6.45) is 7.42. The fourth-order valence-electron chi connectivity index (χ4n) is 15.0. The zero-order valence-corrected chi connectivity index (χ0v) is 60.5. The number of rotatable bonds is 16. The van der Waals surface area contributed by atoms with Crippen LogP contribution in [0.5, 0.6) is 5.75 Å². The second-order valence-corrected chi connectivity index (χ2v) is 34.3. The lowest BCUT2D eigenvalue weighted by Crippen LogP contribution is -2.49. The van der Waals surface area contributed by atoms with E-state index < -0.39 is 0 Å². The lowest BCUT2D eigenvalue weighted by molar-refractivity contribution is -0.155. The van der Waals surface area contributed by atoms with Crippen molar-refractivity contribution < 1.29 is 9.47 Å². The van der Waals surface area contributed by atoms with Gasteiger partial charge in [0, 0.05) is 22.9 Å². The third kappa shape index (κ3) is 16.3. The van der Waals surface area contributed by atoms with E-state index in [2.05, 4.69) is 385 Å². The summed E-state index contributed by atoms with van der Waals surface area (Å²) < 4.78 is 12.7. The third-order valence-electron chi connectivity index (χ3n) is 19.3. The first kappa shape index (κ1) is 67.9. The maximum atomic E-state index is 6.43. The van der Waals surface area contributed by atoms with Crippen LogP contribution >= 0.6 is 0 Å². The van der Waals surface area contributed by atoms with E-state index in [4.69, 9.17) is 9.47 Å². The molecule has 0 amide bonds. The van der Waals surface area contributed by atoms with Crippen LogP contribution in [0, 0.1) is 44.4 Å². The summed E-state index contributed by atoms with van der Waals surface area (Å²) in [5.41, 5.74) is 3.68. The van der Waals surface area contributed by atoms with Gasteiger partial charge in [-0.3, -0.25) is 0 Å². The van der Waals surface area contributed by atoms with E-state index in [1.807, 2.05) is 0 Å². The molecular weight excluding hydrogens is 1290 g/mol. The van der Waals surface area contributed by atoms with E-state index in [9.17, 15) is 0 Å². The highest BCUT2D eigenvalue weighted by Crippen LogP contribution is 2.55. The molecule has 4 aliphatic carbocycles. The Labute approximate surface area is 604 Å². The second kappa shape index (κ2) is 33.3. The van der Waals surface area contributed by atoms with Crippen LogP contribution < -0.4 is 4.74 Å². The smallest absolute Gasteiger partial charge is 0.189 e. The summed E-state index contributed by atoms with van der Waals surface area (Å²) in [7, 11) is -0.344. The van der Waals surface area contributed by atoms with Gasteiger partial charge < -0.3 is 9.47 Å². The van der Waals surface area contributed by atoms with E-state index in [0.717, 1.165) is 29.4 Å². The molecule has 0 atom stereocenters. The summed E-state index contributed by atoms with van der Waals surface area (Å²) in [5, 5.41) is 5.26. The molecule has 0 aromatic heterocycles. The van der Waals surface area contributed by atoms with E-state index in [0.29, 0.717) is 12.9 Å². The van der Waals surface area contributed by atoms with E-state index in [-0.39, 0.29) is 43.6 Å². The number of hydrogen-bond acceptors (Lipinski definition) is 2. The molecule has 0 N–H and O–H groups in total. The lowest BCUT2D eigenvalue weighted by Gasteiger charge is -2.53. The molecular formula is C94H86O2S4+4. The molecule has 4 aliphatic rings. The predicted octanol–water partition coefficient (Wildman–Crippen LogP) is 24.5. The van der Waals surface area contributed by atoms with Crippen molar-refractivity contribution in [3.8, 4) is 5.75 Å². The van der Waals surface area contributed by atoms with Crippen molar-refractivity contribution in [2.75, 3.05) is 6.79 Å². The minimum atomic E-state index is -0.164. The Morgan fingerprint density at radius 1 is 0.270 bits per heavy atom. The molecule has 0 saturated heterocycles. The number of ether oxygens (including phenoxy) is 2. The van der Waals surface area contributed by atoms with Gasteiger partial charge in [-0.15, -0.1) is 0 Å². The normalized spacial score (nSPS) is 16.5. The number of aryl methyl sites for hydroxylation is 3. The molecule has 14 aromatic carbocycles. The van der Waals surface area contributed by atoms with Gasteiger partial charge in [-0.05, 0) is 232 Å². The molecule has 4 fully saturated rings. The topological polar surface area (TPSA) is 18.5 Å². The molecule has 0 spiro atoms. The second-order valence-electron chi connectivity index (χ2n) is 26.2. The van der Waals surface area contributed by atoms with Crippen molar-refractivity contribution in [2.45, 2.75) is 118 Å². The van der Waals surface area contributed by atoms with Crippen LogP contribution in [0.25, 0.3) is 21.5 Å². The standard InChI is InChI=1S/C31H35O2S.C26H19S.C19H17S.C18H15S/c1-21-13-29(34(27-9-5-3-6-10-27)28-11-7-4-8-12-28)14-22(2)30(21)32-20-33-31-25-16-23-15-24(18-25)19-26(31)17-23;1-2-14-22(15-3-1)27(25-18-8-12-20-10-4-6-16-23(20)25)26-19-9-13-21-11-5-7-17-24(21)26;1-16-12-14-19(15-13-16)20(17-8-4-2-5-9-17)18-10-6-3-7-11-18;1-4-10-16(11-5-1)19(17-12-6-2-7-13-17)18-14-8-3-9-15-18/h3-14,23-26,31H,15-20H2,1-2H3;1-19H;2-15H,1H3;1-15H/q4*+1. The van der Waals surface area contributed by atoms with Crippen LogP contribution in [0.3, 0.4) is 0 Å². The summed E-state index contributed by atoms with van der Waals surface area (Å²) in [6.45, 7) is 6.85. The van der Waals surface area contributed by atoms with Gasteiger partial charge in [0.05, 0.1) is 38.8 Å².